The first-order chi connectivity index (χ1) is 12.1. The Morgan fingerprint density at radius 2 is 1.96 bits per heavy atom. The van der Waals surface area contributed by atoms with Gasteiger partial charge in [0.05, 0.1) is 12.9 Å². The minimum Gasteiger partial charge on any atom is -0.312 e. The van der Waals surface area contributed by atoms with Crippen molar-refractivity contribution in [2.45, 2.75) is 38.3 Å². The average Bonchev–Trinajstić information content (AvgIpc) is 3.25. The van der Waals surface area contributed by atoms with Crippen LogP contribution in [0.15, 0.2) is 30.6 Å². The largest absolute Gasteiger partial charge is 0.312 e. The van der Waals surface area contributed by atoms with E-state index in [0.717, 1.165) is 25.7 Å². The molecule has 0 saturated heterocycles. The molecule has 4 rings (SSSR count). The van der Waals surface area contributed by atoms with Gasteiger partial charge in [-0.3, -0.25) is 0 Å². The van der Waals surface area contributed by atoms with Gasteiger partial charge in [0.2, 0.25) is 5.28 Å². The molecule has 0 aliphatic heterocycles. The van der Waals surface area contributed by atoms with Crippen LogP contribution in [0.2, 0.25) is 5.28 Å². The molecule has 1 aromatic carbocycles. The van der Waals surface area contributed by atoms with E-state index in [2.05, 4.69) is 15.0 Å². The molecule has 130 valence electrons. The maximum Gasteiger partial charge on any atom is 0.226 e. The summed E-state index contributed by atoms with van der Waals surface area (Å²) in [7, 11) is 0. The van der Waals surface area contributed by atoms with Gasteiger partial charge in [-0.2, -0.15) is 15.1 Å². The summed E-state index contributed by atoms with van der Waals surface area (Å²) in [5, 5.41) is 0.304. The fourth-order valence-electron chi connectivity index (χ4n) is 3.35. The number of anilines is 1. The number of halogens is 3. The van der Waals surface area contributed by atoms with Crippen LogP contribution in [0.4, 0.5) is 14.7 Å². The van der Waals surface area contributed by atoms with E-state index in [1.807, 2.05) is 4.57 Å². The molecule has 1 aliphatic rings. The zero-order valence-corrected chi connectivity index (χ0v) is 14.1. The molecule has 1 aliphatic carbocycles. The summed E-state index contributed by atoms with van der Waals surface area (Å²) in [6.07, 6.45) is 6.04. The van der Waals surface area contributed by atoms with Crippen LogP contribution in [0.3, 0.4) is 0 Å². The van der Waals surface area contributed by atoms with Gasteiger partial charge in [-0.1, -0.05) is 35.5 Å². The molecule has 3 aromatic rings. The van der Waals surface area contributed by atoms with Gasteiger partial charge in [-0.25, -0.2) is 9.37 Å². The number of aromatic nitrogens is 4. The van der Waals surface area contributed by atoms with Crippen LogP contribution in [0.1, 0.15) is 37.3 Å². The quantitative estimate of drug-likeness (QED) is 0.501. The fraction of sp³-hybridized carbons (Fsp3) is 0.353. The molecule has 0 radical (unpaired) electrons. The van der Waals surface area contributed by atoms with Crippen molar-refractivity contribution in [2.24, 2.45) is 0 Å². The molecular formula is C17H16ClF2N5. The first kappa shape index (κ1) is 16.2. The zero-order chi connectivity index (χ0) is 17.4. The second kappa shape index (κ2) is 6.55. The van der Waals surface area contributed by atoms with E-state index < -0.39 is 5.82 Å². The Bertz CT molecular complexity index is 907. The van der Waals surface area contributed by atoms with Crippen molar-refractivity contribution in [1.29, 1.82) is 0 Å². The molecule has 0 amide bonds. The highest BCUT2D eigenvalue weighted by Crippen LogP contribution is 2.34. The highest BCUT2D eigenvalue weighted by atomic mass is 35.5. The van der Waals surface area contributed by atoms with Crippen molar-refractivity contribution in [3.05, 3.63) is 47.3 Å². The minimum atomic E-state index is -0.474. The number of imidazole rings is 1. The zero-order valence-electron chi connectivity index (χ0n) is 13.4. The summed E-state index contributed by atoms with van der Waals surface area (Å²) >= 11 is 6.01. The molecule has 2 aromatic heterocycles. The van der Waals surface area contributed by atoms with E-state index in [1.54, 1.807) is 18.5 Å². The normalized spacial score (nSPS) is 15.2. The van der Waals surface area contributed by atoms with Crippen LogP contribution in [0, 0.1) is 5.82 Å². The van der Waals surface area contributed by atoms with Gasteiger partial charge in [0.25, 0.3) is 0 Å². The third-order valence-electron chi connectivity index (χ3n) is 4.59. The lowest BCUT2D eigenvalue weighted by atomic mass is 10.2. The minimum absolute atomic E-state index is 0.0463. The van der Waals surface area contributed by atoms with Gasteiger partial charge in [0, 0.05) is 11.6 Å². The van der Waals surface area contributed by atoms with E-state index in [-0.39, 0.29) is 23.2 Å². The lowest BCUT2D eigenvalue weighted by Gasteiger charge is -2.15. The first-order valence-corrected chi connectivity index (χ1v) is 8.58. The van der Waals surface area contributed by atoms with Crippen LogP contribution >= 0.6 is 11.6 Å². The number of nitrogens with zero attached hydrogens (tertiary/aromatic N) is 5. The molecule has 2 heterocycles. The number of fused-ring (bicyclic) bond motifs is 1. The third-order valence-corrected chi connectivity index (χ3v) is 4.76. The van der Waals surface area contributed by atoms with Crippen molar-refractivity contribution in [1.82, 2.24) is 19.5 Å². The summed E-state index contributed by atoms with van der Waals surface area (Å²) in [6, 6.07) is 6.33. The third kappa shape index (κ3) is 3.04. The smallest absolute Gasteiger partial charge is 0.226 e. The standard InChI is InChI=1S/C17H16ClF2N5/c18-17-22-15-14(21-10-24(15)12-6-2-3-7-12)16(23-17)25(20)9-11-5-1-4-8-13(11)19/h1,4-5,8,10,12H,2-3,6-7,9H2. The number of hydrogen-bond donors (Lipinski definition) is 0. The molecule has 25 heavy (non-hydrogen) atoms. The van der Waals surface area contributed by atoms with E-state index in [4.69, 9.17) is 11.6 Å². The van der Waals surface area contributed by atoms with E-state index in [0.29, 0.717) is 22.3 Å². The highest BCUT2D eigenvalue weighted by Gasteiger charge is 2.24. The summed E-state index contributed by atoms with van der Waals surface area (Å²) in [5.74, 6) is -0.520. The van der Waals surface area contributed by atoms with Crippen molar-refractivity contribution < 1.29 is 8.87 Å². The van der Waals surface area contributed by atoms with Crippen LogP contribution in [-0.4, -0.2) is 19.5 Å². The Morgan fingerprint density at radius 3 is 2.72 bits per heavy atom. The molecule has 0 N–H and O–H groups in total. The lowest BCUT2D eigenvalue weighted by molar-refractivity contribution is 0.419. The summed E-state index contributed by atoms with van der Waals surface area (Å²) < 4.78 is 30.5. The van der Waals surface area contributed by atoms with Crippen molar-refractivity contribution in [3.63, 3.8) is 0 Å². The van der Waals surface area contributed by atoms with E-state index >= 15 is 0 Å². The Hall–Kier alpha value is -2.28. The molecule has 5 nitrogen and oxygen atoms in total. The Balaban J connectivity index is 1.72. The average molecular weight is 364 g/mol. The van der Waals surface area contributed by atoms with Gasteiger partial charge in [0.1, 0.15) is 5.82 Å². The van der Waals surface area contributed by atoms with Crippen LogP contribution in [-0.2, 0) is 6.54 Å². The Labute approximate surface area is 148 Å². The van der Waals surface area contributed by atoms with Crippen LogP contribution in [0.5, 0.6) is 0 Å². The van der Waals surface area contributed by atoms with Gasteiger partial charge in [-0.05, 0) is 30.5 Å². The lowest BCUT2D eigenvalue weighted by Crippen LogP contribution is -2.15. The second-order valence-corrected chi connectivity index (χ2v) is 6.53. The maximum atomic E-state index is 14.8. The predicted molar refractivity (Wildman–Crippen MR) is 91.5 cm³/mol. The maximum absolute atomic E-state index is 14.8. The fourth-order valence-corrected chi connectivity index (χ4v) is 3.51. The summed E-state index contributed by atoms with van der Waals surface area (Å²) in [4.78, 5) is 12.5. The van der Waals surface area contributed by atoms with E-state index in [9.17, 15) is 8.87 Å². The molecule has 1 saturated carbocycles. The SMILES string of the molecule is Fc1ccccc1CN(F)c1nc(Cl)nc2c1ncn2C1CCCC1. The molecule has 0 spiro atoms. The second-order valence-electron chi connectivity index (χ2n) is 6.19. The molecule has 8 heteroatoms. The van der Waals surface area contributed by atoms with Gasteiger partial charge < -0.3 is 4.57 Å². The molecule has 1 fully saturated rings. The summed E-state index contributed by atoms with van der Waals surface area (Å²) in [5.41, 5.74) is 1.07. The molecule has 0 bridgehead atoms. The number of benzene rings is 1. The molecule has 0 atom stereocenters. The summed E-state index contributed by atoms with van der Waals surface area (Å²) in [6.45, 7) is -0.286. The number of rotatable bonds is 4. The van der Waals surface area contributed by atoms with Crippen molar-refractivity contribution in [2.75, 3.05) is 5.12 Å². The van der Waals surface area contributed by atoms with Gasteiger partial charge in [0.15, 0.2) is 17.0 Å². The monoisotopic (exact) mass is 363 g/mol. The van der Waals surface area contributed by atoms with Crippen molar-refractivity contribution >= 4 is 28.6 Å². The highest BCUT2D eigenvalue weighted by molar-refractivity contribution is 6.28. The topological polar surface area (TPSA) is 46.8 Å². The van der Waals surface area contributed by atoms with Gasteiger partial charge >= 0.3 is 0 Å². The predicted octanol–water partition coefficient (Wildman–Crippen LogP) is 4.63. The van der Waals surface area contributed by atoms with E-state index in [1.165, 1.54) is 12.1 Å². The van der Waals surface area contributed by atoms with Gasteiger partial charge in [-0.15, -0.1) is 0 Å². The Kier molecular flexibility index (Phi) is 4.25. The Morgan fingerprint density at radius 1 is 1.20 bits per heavy atom. The first-order valence-electron chi connectivity index (χ1n) is 8.20. The molecular weight excluding hydrogens is 348 g/mol. The van der Waals surface area contributed by atoms with Crippen molar-refractivity contribution in [3.8, 4) is 0 Å². The van der Waals surface area contributed by atoms with Crippen LogP contribution in [0.25, 0.3) is 11.2 Å². The van der Waals surface area contributed by atoms with Crippen LogP contribution < -0.4 is 5.12 Å². The number of hydrogen-bond acceptors (Lipinski definition) is 4. The molecule has 0 unspecified atom stereocenters.